The van der Waals surface area contributed by atoms with Crippen LogP contribution < -0.4 is 0 Å². The van der Waals surface area contributed by atoms with E-state index < -0.39 is 0 Å². The first-order valence-electron chi connectivity index (χ1n) is 2.47. The summed E-state index contributed by atoms with van der Waals surface area (Å²) in [6.45, 7) is 4.89. The van der Waals surface area contributed by atoms with Gasteiger partial charge in [0, 0.05) is 13.1 Å². The first-order chi connectivity index (χ1) is 2.79. The molecule has 0 unspecified atom stereocenters. The monoisotopic (exact) mass is 85.1 g/mol. The lowest BCUT2D eigenvalue weighted by atomic mass is 10.1. The summed E-state index contributed by atoms with van der Waals surface area (Å²) in [5, 5.41) is 0. The molecule has 0 aliphatic carbocycles. The maximum atomic E-state index is 2.32. The zero-order valence-corrected chi connectivity index (χ0v) is 4.44. The second-order valence-electron chi connectivity index (χ2n) is 2.33. The maximum absolute atomic E-state index is 2.32. The van der Waals surface area contributed by atoms with Gasteiger partial charge >= 0.3 is 0 Å². The highest BCUT2D eigenvalue weighted by Gasteiger charge is 2.16. The number of rotatable bonds is 0. The minimum Gasteiger partial charge on any atom is -0.306 e. The van der Waals surface area contributed by atoms with Crippen LogP contribution in [0.2, 0.25) is 0 Å². The topological polar surface area (TPSA) is 3.24 Å². The summed E-state index contributed by atoms with van der Waals surface area (Å²) in [7, 11) is 2.15. The highest BCUT2D eigenvalue weighted by molar-refractivity contribution is 4.71. The summed E-state index contributed by atoms with van der Waals surface area (Å²) in [6, 6.07) is 0. The molecular weight excluding hydrogens is 74.1 g/mol. The van der Waals surface area contributed by atoms with E-state index in [-0.39, 0.29) is 0 Å². The molecule has 0 aromatic rings. The van der Waals surface area contributed by atoms with E-state index in [4.69, 9.17) is 0 Å². The van der Waals surface area contributed by atoms with Crippen molar-refractivity contribution in [1.82, 2.24) is 4.90 Å². The van der Waals surface area contributed by atoms with E-state index in [0.29, 0.717) is 0 Å². The van der Waals surface area contributed by atoms with Gasteiger partial charge in [0.05, 0.1) is 0 Å². The molecule has 0 aromatic carbocycles. The summed E-state index contributed by atoms with van der Waals surface area (Å²) in [4.78, 5) is 2.32. The van der Waals surface area contributed by atoms with Crippen molar-refractivity contribution in [3.8, 4) is 0 Å². The molecule has 1 heteroatoms. The molecule has 0 spiro atoms. The van der Waals surface area contributed by atoms with Crippen LogP contribution in [0.15, 0.2) is 0 Å². The lowest BCUT2D eigenvalue weighted by molar-refractivity contribution is 0.149. The molecule has 1 aliphatic heterocycles. The van der Waals surface area contributed by atoms with Crippen LogP contribution in [0.5, 0.6) is 0 Å². The van der Waals surface area contributed by atoms with Crippen LogP contribution in [0.1, 0.15) is 6.92 Å². The molecule has 0 aromatic heterocycles. The Kier molecular flexibility index (Phi) is 0.845. The van der Waals surface area contributed by atoms with Crippen molar-refractivity contribution in [3.63, 3.8) is 0 Å². The molecule has 0 atom stereocenters. The highest BCUT2D eigenvalue weighted by Crippen LogP contribution is 2.09. The molecular formula is C5H11N. The van der Waals surface area contributed by atoms with Crippen LogP contribution in [0, 0.1) is 5.92 Å². The first-order valence-corrected chi connectivity index (χ1v) is 2.47. The first kappa shape index (κ1) is 4.13. The quantitative estimate of drug-likeness (QED) is 0.415. The number of likely N-dealkylation sites (tertiary alicyclic amines) is 1. The van der Waals surface area contributed by atoms with Gasteiger partial charge in [0.15, 0.2) is 0 Å². The van der Waals surface area contributed by atoms with Gasteiger partial charge in [-0.05, 0) is 13.0 Å². The van der Waals surface area contributed by atoms with E-state index in [9.17, 15) is 0 Å². The minimum atomic E-state index is 0.968. The van der Waals surface area contributed by atoms with Crippen molar-refractivity contribution in [3.05, 3.63) is 0 Å². The molecule has 1 heterocycles. The zero-order valence-electron chi connectivity index (χ0n) is 4.44. The lowest BCUT2D eigenvalue weighted by Gasteiger charge is -2.33. The van der Waals surface area contributed by atoms with E-state index in [1.165, 1.54) is 13.1 Å². The van der Waals surface area contributed by atoms with E-state index in [1.54, 1.807) is 0 Å². The molecule has 0 N–H and O–H groups in total. The smallest absolute Gasteiger partial charge is 0.00163 e. The fourth-order valence-corrected chi connectivity index (χ4v) is 1.01. The van der Waals surface area contributed by atoms with Crippen LogP contribution in [0.3, 0.4) is 0 Å². The van der Waals surface area contributed by atoms with Gasteiger partial charge in [0.1, 0.15) is 0 Å². The van der Waals surface area contributed by atoms with Gasteiger partial charge in [-0.1, -0.05) is 6.92 Å². The minimum absolute atomic E-state index is 0.968. The van der Waals surface area contributed by atoms with Crippen LogP contribution >= 0.6 is 0 Å². The Labute approximate surface area is 39.0 Å². The lowest BCUT2D eigenvalue weighted by Crippen LogP contribution is -2.41. The van der Waals surface area contributed by atoms with Gasteiger partial charge in [-0.3, -0.25) is 0 Å². The summed E-state index contributed by atoms with van der Waals surface area (Å²) < 4.78 is 0. The highest BCUT2D eigenvalue weighted by atomic mass is 15.2. The third-order valence-corrected chi connectivity index (χ3v) is 1.25. The van der Waals surface area contributed by atoms with Crippen LogP contribution in [-0.2, 0) is 0 Å². The molecule has 1 aliphatic rings. The van der Waals surface area contributed by atoms with Crippen molar-refractivity contribution in [2.24, 2.45) is 5.92 Å². The third kappa shape index (κ3) is 0.548. The third-order valence-electron chi connectivity index (χ3n) is 1.25. The Morgan fingerprint density at radius 3 is 2.00 bits per heavy atom. The molecule has 36 valence electrons. The zero-order chi connectivity index (χ0) is 4.57. The fourth-order valence-electron chi connectivity index (χ4n) is 1.01. The van der Waals surface area contributed by atoms with Gasteiger partial charge < -0.3 is 4.90 Å². The Bertz CT molecular complexity index is 39.9. The van der Waals surface area contributed by atoms with E-state index >= 15 is 0 Å². The van der Waals surface area contributed by atoms with Crippen molar-refractivity contribution < 1.29 is 0 Å². The van der Waals surface area contributed by atoms with Crippen molar-refractivity contribution in [2.75, 3.05) is 20.1 Å². The van der Waals surface area contributed by atoms with Gasteiger partial charge in [-0.2, -0.15) is 0 Å². The van der Waals surface area contributed by atoms with E-state index in [1.807, 2.05) is 0 Å². The Morgan fingerprint density at radius 2 is 2.00 bits per heavy atom. The van der Waals surface area contributed by atoms with Gasteiger partial charge in [0.2, 0.25) is 0 Å². The normalized spacial score (nSPS) is 27.0. The average molecular weight is 85.1 g/mol. The molecule has 0 bridgehead atoms. The molecule has 1 fully saturated rings. The molecule has 0 saturated carbocycles. The Morgan fingerprint density at radius 1 is 1.50 bits per heavy atom. The number of hydrogen-bond donors (Lipinski definition) is 0. The summed E-state index contributed by atoms with van der Waals surface area (Å²) >= 11 is 0. The van der Waals surface area contributed by atoms with Crippen LogP contribution in [-0.4, -0.2) is 25.0 Å². The second-order valence-corrected chi connectivity index (χ2v) is 2.33. The van der Waals surface area contributed by atoms with Crippen molar-refractivity contribution in [1.29, 1.82) is 0 Å². The summed E-state index contributed by atoms with van der Waals surface area (Å²) in [6.07, 6.45) is 0. The fraction of sp³-hybridized carbons (Fsp3) is 1.00. The molecule has 6 heavy (non-hydrogen) atoms. The molecule has 0 amide bonds. The second kappa shape index (κ2) is 1.23. The van der Waals surface area contributed by atoms with Crippen LogP contribution in [0.4, 0.5) is 0 Å². The summed E-state index contributed by atoms with van der Waals surface area (Å²) in [5.74, 6) is 0.968. The van der Waals surface area contributed by atoms with E-state index in [2.05, 4.69) is 18.9 Å². The predicted molar refractivity (Wildman–Crippen MR) is 26.7 cm³/mol. The van der Waals surface area contributed by atoms with Crippen molar-refractivity contribution in [2.45, 2.75) is 6.92 Å². The number of hydrogen-bond acceptors (Lipinski definition) is 1. The van der Waals surface area contributed by atoms with Crippen molar-refractivity contribution >= 4 is 0 Å². The predicted octanol–water partition coefficient (Wildman–Crippen LogP) is 0.568. The van der Waals surface area contributed by atoms with E-state index in [0.717, 1.165) is 5.92 Å². The Balaban J connectivity index is 2.11. The Hall–Kier alpha value is -0.0400. The van der Waals surface area contributed by atoms with Crippen LogP contribution in [0.25, 0.3) is 0 Å². The molecule has 1 saturated heterocycles. The van der Waals surface area contributed by atoms with Gasteiger partial charge in [-0.15, -0.1) is 0 Å². The molecule has 1 nitrogen and oxygen atoms in total. The maximum Gasteiger partial charge on any atom is 0.00163 e. The standard InChI is InChI=1S/C5H11N/c1-5-3-6(2)4-5/h5H,3-4H2,1-2H3. The number of nitrogens with zero attached hydrogens (tertiary/aromatic N) is 1. The molecule has 0 radical (unpaired) electrons. The largest absolute Gasteiger partial charge is 0.306 e. The SMILES string of the molecule is CC1CN(C)C1. The van der Waals surface area contributed by atoms with Gasteiger partial charge in [-0.25, -0.2) is 0 Å². The molecule has 1 rings (SSSR count). The summed E-state index contributed by atoms with van der Waals surface area (Å²) in [5.41, 5.74) is 0. The average Bonchev–Trinajstić information content (AvgIpc) is 1.33. The van der Waals surface area contributed by atoms with Gasteiger partial charge in [0.25, 0.3) is 0 Å².